The number of aromatic nitrogens is 1. The Labute approximate surface area is 139 Å². The molecular weight excluding hydrogens is 312 g/mol. The first-order valence-electron chi connectivity index (χ1n) is 7.93. The molecule has 5 heteroatoms. The van der Waals surface area contributed by atoms with Gasteiger partial charge in [0.05, 0.1) is 18.9 Å². The maximum Gasteiger partial charge on any atom is 0.185 e. The molecule has 2 heterocycles. The van der Waals surface area contributed by atoms with Crippen LogP contribution in [0.1, 0.15) is 25.2 Å². The van der Waals surface area contributed by atoms with Gasteiger partial charge in [-0.05, 0) is 37.6 Å². The van der Waals surface area contributed by atoms with Crippen LogP contribution in [-0.4, -0.2) is 18.2 Å². The van der Waals surface area contributed by atoms with E-state index < -0.39 is 17.9 Å². The van der Waals surface area contributed by atoms with E-state index in [0.29, 0.717) is 30.4 Å². The molecule has 2 aromatic rings. The highest BCUT2D eigenvalue weighted by Crippen LogP contribution is 2.27. The largest absolute Gasteiger partial charge is 0.348 e. The molecule has 0 amide bonds. The molecule has 0 saturated carbocycles. The molecule has 1 aliphatic heterocycles. The zero-order valence-corrected chi connectivity index (χ0v) is 13.4. The maximum absolute atomic E-state index is 13.3. The van der Waals surface area contributed by atoms with Gasteiger partial charge in [-0.25, -0.2) is 8.78 Å². The molecule has 24 heavy (non-hydrogen) atoms. The van der Waals surface area contributed by atoms with Gasteiger partial charge in [-0.2, -0.15) is 0 Å². The lowest BCUT2D eigenvalue weighted by Gasteiger charge is -2.29. The number of nitrogens with zero attached hydrogens (tertiary/aromatic N) is 1. The molecule has 0 spiro atoms. The molecule has 0 aliphatic carbocycles. The average molecular weight is 331 g/mol. The predicted molar refractivity (Wildman–Crippen MR) is 87.2 cm³/mol. The van der Waals surface area contributed by atoms with Crippen molar-refractivity contribution in [1.82, 2.24) is 4.98 Å². The van der Waals surface area contributed by atoms with Gasteiger partial charge in [-0.15, -0.1) is 0 Å². The number of halogens is 2. The first kappa shape index (κ1) is 16.7. The number of hydrogen-bond donors (Lipinski definition) is 0. The van der Waals surface area contributed by atoms with Gasteiger partial charge in [0.1, 0.15) is 0 Å². The van der Waals surface area contributed by atoms with E-state index in [0.717, 1.165) is 24.1 Å². The Morgan fingerprint density at radius 3 is 2.54 bits per heavy atom. The van der Waals surface area contributed by atoms with Crippen molar-refractivity contribution in [3.63, 3.8) is 0 Å². The van der Waals surface area contributed by atoms with E-state index in [-0.39, 0.29) is 0 Å². The monoisotopic (exact) mass is 331 g/mol. The fraction of sp³-hybridized carbons (Fsp3) is 0.316. The van der Waals surface area contributed by atoms with E-state index in [9.17, 15) is 8.78 Å². The Morgan fingerprint density at radius 2 is 1.92 bits per heavy atom. The summed E-state index contributed by atoms with van der Waals surface area (Å²) in [6.45, 7) is 3.27. The molecule has 126 valence electrons. The Balaban J connectivity index is 1.66. The third-order valence-electron chi connectivity index (χ3n) is 3.95. The SMILES string of the molecule is C/C=C/CC1COC(c2ccc(-c3ccc(F)c(F)c3)nc2)OC1. The minimum atomic E-state index is -0.885. The highest BCUT2D eigenvalue weighted by molar-refractivity contribution is 5.59. The van der Waals surface area contributed by atoms with Crippen molar-refractivity contribution >= 4 is 0 Å². The van der Waals surface area contributed by atoms with Crippen molar-refractivity contribution in [3.8, 4) is 11.3 Å². The van der Waals surface area contributed by atoms with E-state index >= 15 is 0 Å². The second kappa shape index (κ2) is 7.64. The molecule has 1 fully saturated rings. The number of pyridine rings is 1. The topological polar surface area (TPSA) is 31.4 Å². The number of allylic oxidation sites excluding steroid dienone is 2. The van der Waals surface area contributed by atoms with Crippen molar-refractivity contribution in [2.24, 2.45) is 5.92 Å². The second-order valence-electron chi connectivity index (χ2n) is 5.78. The Morgan fingerprint density at radius 1 is 1.12 bits per heavy atom. The van der Waals surface area contributed by atoms with Crippen LogP contribution in [0.5, 0.6) is 0 Å². The van der Waals surface area contributed by atoms with E-state index in [1.165, 1.54) is 6.07 Å². The van der Waals surface area contributed by atoms with Gasteiger partial charge in [0.2, 0.25) is 0 Å². The number of rotatable bonds is 4. The summed E-state index contributed by atoms with van der Waals surface area (Å²) in [4.78, 5) is 4.30. The van der Waals surface area contributed by atoms with Gasteiger partial charge >= 0.3 is 0 Å². The van der Waals surface area contributed by atoms with Crippen molar-refractivity contribution in [3.05, 3.63) is 65.9 Å². The highest BCUT2D eigenvalue weighted by atomic mass is 19.2. The summed E-state index contributed by atoms with van der Waals surface area (Å²) in [5, 5.41) is 0. The van der Waals surface area contributed by atoms with Crippen molar-refractivity contribution in [1.29, 1.82) is 0 Å². The smallest absolute Gasteiger partial charge is 0.185 e. The molecule has 1 aromatic heterocycles. The van der Waals surface area contributed by atoms with Gasteiger partial charge in [0.25, 0.3) is 0 Å². The van der Waals surface area contributed by atoms with Crippen LogP contribution in [0.4, 0.5) is 8.78 Å². The normalized spacial score (nSPS) is 21.3. The molecule has 0 unspecified atom stereocenters. The van der Waals surface area contributed by atoms with Gasteiger partial charge < -0.3 is 9.47 Å². The standard InChI is InChI=1S/C19H19F2NO2/c1-2-3-4-13-11-23-19(24-12-13)15-6-8-18(22-10-15)14-5-7-16(20)17(21)9-14/h2-3,5-10,13,19H,4,11-12H2,1H3/b3-2+. The summed E-state index contributed by atoms with van der Waals surface area (Å²) >= 11 is 0. The van der Waals surface area contributed by atoms with Crippen LogP contribution in [0.25, 0.3) is 11.3 Å². The second-order valence-corrected chi connectivity index (χ2v) is 5.78. The molecule has 0 atom stereocenters. The fourth-order valence-corrected chi connectivity index (χ4v) is 2.57. The molecule has 1 aliphatic rings. The van der Waals surface area contributed by atoms with Crippen molar-refractivity contribution < 1.29 is 18.3 Å². The summed E-state index contributed by atoms with van der Waals surface area (Å²) in [5.41, 5.74) is 1.91. The maximum atomic E-state index is 13.3. The van der Waals surface area contributed by atoms with Crippen LogP contribution in [0.2, 0.25) is 0 Å². The molecule has 1 saturated heterocycles. The lowest BCUT2D eigenvalue weighted by atomic mass is 10.1. The Kier molecular flexibility index (Phi) is 5.33. The average Bonchev–Trinajstić information content (AvgIpc) is 2.63. The van der Waals surface area contributed by atoms with E-state index in [4.69, 9.17) is 9.47 Å². The zero-order valence-electron chi connectivity index (χ0n) is 13.4. The van der Waals surface area contributed by atoms with Gasteiger partial charge in [-0.3, -0.25) is 4.98 Å². The summed E-state index contributed by atoms with van der Waals surface area (Å²) in [6, 6.07) is 7.32. The zero-order chi connectivity index (χ0) is 16.9. The Hall–Kier alpha value is -2.11. The van der Waals surface area contributed by atoms with E-state index in [1.54, 1.807) is 12.3 Å². The quantitative estimate of drug-likeness (QED) is 0.764. The van der Waals surface area contributed by atoms with Gasteiger partial charge in [0.15, 0.2) is 17.9 Å². The third kappa shape index (κ3) is 3.86. The van der Waals surface area contributed by atoms with Crippen LogP contribution < -0.4 is 0 Å². The highest BCUT2D eigenvalue weighted by Gasteiger charge is 2.23. The third-order valence-corrected chi connectivity index (χ3v) is 3.95. The lowest BCUT2D eigenvalue weighted by Crippen LogP contribution is -2.26. The number of benzene rings is 1. The summed E-state index contributed by atoms with van der Waals surface area (Å²) in [6.07, 6.45) is 6.28. The van der Waals surface area contributed by atoms with Crippen molar-refractivity contribution in [2.45, 2.75) is 19.6 Å². The molecule has 0 bridgehead atoms. The minimum absolute atomic E-state index is 0.367. The summed E-state index contributed by atoms with van der Waals surface area (Å²) < 4.78 is 37.8. The van der Waals surface area contributed by atoms with Crippen LogP contribution in [0.15, 0.2) is 48.7 Å². The van der Waals surface area contributed by atoms with E-state index in [2.05, 4.69) is 11.1 Å². The van der Waals surface area contributed by atoms with Crippen LogP contribution in [0, 0.1) is 17.6 Å². The number of hydrogen-bond acceptors (Lipinski definition) is 3. The molecule has 0 N–H and O–H groups in total. The Bertz CT molecular complexity index is 708. The molecule has 3 nitrogen and oxygen atoms in total. The van der Waals surface area contributed by atoms with Crippen LogP contribution in [-0.2, 0) is 9.47 Å². The van der Waals surface area contributed by atoms with E-state index in [1.807, 2.05) is 19.1 Å². The summed E-state index contributed by atoms with van der Waals surface area (Å²) in [7, 11) is 0. The van der Waals surface area contributed by atoms with Gasteiger partial charge in [-0.1, -0.05) is 18.2 Å². The first-order valence-corrected chi connectivity index (χ1v) is 7.93. The fourth-order valence-electron chi connectivity index (χ4n) is 2.57. The number of ether oxygens (including phenoxy) is 2. The lowest BCUT2D eigenvalue weighted by molar-refractivity contribution is -0.204. The molecule has 1 aromatic carbocycles. The predicted octanol–water partition coefficient (Wildman–Crippen LogP) is 4.65. The van der Waals surface area contributed by atoms with Crippen LogP contribution >= 0.6 is 0 Å². The van der Waals surface area contributed by atoms with Gasteiger partial charge in [0, 0.05) is 23.2 Å². The molecule has 3 rings (SSSR count). The first-order chi connectivity index (χ1) is 11.7. The minimum Gasteiger partial charge on any atom is -0.348 e. The van der Waals surface area contributed by atoms with Crippen molar-refractivity contribution in [2.75, 3.05) is 13.2 Å². The molecular formula is C19H19F2NO2. The van der Waals surface area contributed by atoms with Crippen LogP contribution in [0.3, 0.4) is 0 Å². The summed E-state index contributed by atoms with van der Waals surface area (Å²) in [5.74, 6) is -1.39. The molecule has 0 radical (unpaired) electrons.